The molecule has 5 heteroatoms. The van der Waals surface area contributed by atoms with E-state index >= 15 is 0 Å². The molecule has 5 nitrogen and oxygen atoms in total. The summed E-state index contributed by atoms with van der Waals surface area (Å²) in [6, 6.07) is 24.0. The number of benzene rings is 3. The lowest BCUT2D eigenvalue weighted by atomic mass is 9.68. The fraction of sp³-hybridized carbons (Fsp3) is 0.310. The van der Waals surface area contributed by atoms with E-state index in [4.69, 9.17) is 4.74 Å². The minimum absolute atomic E-state index is 0.218. The molecule has 1 aliphatic heterocycles. The zero-order valence-electron chi connectivity index (χ0n) is 19.2. The molecule has 0 saturated heterocycles. The molecule has 2 aliphatic carbocycles. The number of anilines is 2. The van der Waals surface area contributed by atoms with Crippen LogP contribution in [0.5, 0.6) is 0 Å². The molecule has 2 saturated carbocycles. The first-order valence-electron chi connectivity index (χ1n) is 12.1. The third kappa shape index (κ3) is 3.38. The molecule has 0 radical (unpaired) electrons. The first-order valence-corrected chi connectivity index (χ1v) is 12.1. The van der Waals surface area contributed by atoms with Gasteiger partial charge in [0.15, 0.2) is 0 Å². The number of carbonyl (C=O) groups excluding carboxylic acids is 2. The van der Waals surface area contributed by atoms with Crippen LogP contribution in [0.1, 0.15) is 63.1 Å². The van der Waals surface area contributed by atoms with Crippen molar-refractivity contribution in [2.75, 3.05) is 17.7 Å². The number of methoxy groups -OCH3 is 1. The van der Waals surface area contributed by atoms with Crippen molar-refractivity contribution in [1.82, 2.24) is 0 Å². The lowest BCUT2D eigenvalue weighted by Crippen LogP contribution is -2.35. The maximum atomic E-state index is 13.2. The van der Waals surface area contributed by atoms with Crippen LogP contribution in [-0.2, 0) is 4.74 Å². The number of fused-ring (bicyclic) bond motifs is 7. The quantitative estimate of drug-likeness (QED) is 0.475. The van der Waals surface area contributed by atoms with Gasteiger partial charge < -0.3 is 15.4 Å². The summed E-state index contributed by atoms with van der Waals surface area (Å²) >= 11 is 0. The van der Waals surface area contributed by atoms with E-state index in [-0.39, 0.29) is 5.91 Å². The summed E-state index contributed by atoms with van der Waals surface area (Å²) in [5, 5.41) is 6.74. The van der Waals surface area contributed by atoms with Gasteiger partial charge in [0.1, 0.15) is 0 Å². The van der Waals surface area contributed by atoms with Crippen LogP contribution in [0.3, 0.4) is 0 Å². The molecule has 34 heavy (non-hydrogen) atoms. The first kappa shape index (κ1) is 21.0. The molecule has 3 aromatic carbocycles. The second kappa shape index (κ2) is 8.32. The number of carbonyl (C=O) groups is 2. The Morgan fingerprint density at radius 2 is 1.71 bits per heavy atom. The van der Waals surface area contributed by atoms with E-state index in [0.29, 0.717) is 40.6 Å². The van der Waals surface area contributed by atoms with Gasteiger partial charge in [-0.1, -0.05) is 42.5 Å². The molecule has 0 spiro atoms. The Kier molecular flexibility index (Phi) is 5.13. The Balaban J connectivity index is 1.33. The van der Waals surface area contributed by atoms with E-state index < -0.39 is 5.97 Å². The van der Waals surface area contributed by atoms with Gasteiger partial charge in [0.25, 0.3) is 5.91 Å². The number of ether oxygens (including phenoxy) is 1. The highest BCUT2D eigenvalue weighted by molar-refractivity contribution is 6.08. The van der Waals surface area contributed by atoms with Crippen molar-refractivity contribution in [2.24, 2.45) is 17.8 Å². The maximum absolute atomic E-state index is 13.2. The SMILES string of the molecule is COC(=O)c1ccccc1NC(=O)c1ccc2c(c1)[C@@H]1[C@H]3CC[C@@H](C3)[C@@H]1[C@@H](c1ccccc1)N2. The second-order valence-electron chi connectivity index (χ2n) is 9.76. The van der Waals surface area contributed by atoms with Crippen LogP contribution in [0.4, 0.5) is 11.4 Å². The van der Waals surface area contributed by atoms with Crippen molar-refractivity contribution in [2.45, 2.75) is 31.2 Å². The summed E-state index contributed by atoms with van der Waals surface area (Å²) in [7, 11) is 1.34. The number of para-hydroxylation sites is 1. The van der Waals surface area contributed by atoms with Gasteiger partial charge in [-0.25, -0.2) is 4.79 Å². The number of hydrogen-bond donors (Lipinski definition) is 2. The summed E-state index contributed by atoms with van der Waals surface area (Å²) < 4.78 is 4.86. The topological polar surface area (TPSA) is 67.4 Å². The number of amides is 1. The molecule has 2 bridgehead atoms. The van der Waals surface area contributed by atoms with Crippen LogP contribution in [0.15, 0.2) is 72.8 Å². The molecule has 0 unspecified atom stereocenters. The van der Waals surface area contributed by atoms with Gasteiger partial charge in [-0.2, -0.15) is 0 Å². The Hall–Kier alpha value is -3.60. The predicted molar refractivity (Wildman–Crippen MR) is 132 cm³/mol. The van der Waals surface area contributed by atoms with E-state index in [9.17, 15) is 9.59 Å². The van der Waals surface area contributed by atoms with Crippen LogP contribution < -0.4 is 10.6 Å². The van der Waals surface area contributed by atoms with E-state index in [1.165, 1.54) is 37.5 Å². The van der Waals surface area contributed by atoms with Crippen molar-refractivity contribution < 1.29 is 14.3 Å². The zero-order valence-corrected chi connectivity index (χ0v) is 19.2. The number of rotatable bonds is 4. The lowest BCUT2D eigenvalue weighted by Gasteiger charge is -2.43. The predicted octanol–water partition coefficient (Wildman–Crippen LogP) is 6.02. The fourth-order valence-corrected chi connectivity index (χ4v) is 6.69. The van der Waals surface area contributed by atoms with Crippen LogP contribution in [-0.4, -0.2) is 19.0 Å². The van der Waals surface area contributed by atoms with Gasteiger partial charge in [-0.05, 0) is 84.4 Å². The van der Waals surface area contributed by atoms with Crippen LogP contribution >= 0.6 is 0 Å². The Morgan fingerprint density at radius 3 is 2.53 bits per heavy atom. The molecule has 2 N–H and O–H groups in total. The minimum atomic E-state index is -0.470. The fourth-order valence-electron chi connectivity index (χ4n) is 6.69. The van der Waals surface area contributed by atoms with Crippen molar-refractivity contribution in [3.63, 3.8) is 0 Å². The largest absolute Gasteiger partial charge is 0.465 e. The molecular formula is C29H28N2O3. The summed E-state index contributed by atoms with van der Waals surface area (Å²) in [6.45, 7) is 0. The highest BCUT2D eigenvalue weighted by Gasteiger charge is 2.53. The molecule has 172 valence electrons. The van der Waals surface area contributed by atoms with E-state index in [0.717, 1.165) is 11.6 Å². The number of esters is 1. The second-order valence-corrected chi connectivity index (χ2v) is 9.76. The third-order valence-electron chi connectivity index (χ3n) is 8.09. The molecule has 5 atom stereocenters. The van der Waals surface area contributed by atoms with Gasteiger partial charge in [0.05, 0.1) is 24.4 Å². The smallest absolute Gasteiger partial charge is 0.339 e. The van der Waals surface area contributed by atoms with E-state index in [2.05, 4.69) is 53.1 Å². The summed E-state index contributed by atoms with van der Waals surface area (Å²) in [4.78, 5) is 25.3. The molecule has 3 aromatic rings. The summed E-state index contributed by atoms with van der Waals surface area (Å²) in [5.74, 6) is 1.74. The van der Waals surface area contributed by atoms with E-state index in [1.807, 2.05) is 6.07 Å². The van der Waals surface area contributed by atoms with Gasteiger partial charge >= 0.3 is 5.97 Å². The van der Waals surface area contributed by atoms with Gasteiger partial charge in [0, 0.05) is 11.3 Å². The Morgan fingerprint density at radius 1 is 0.941 bits per heavy atom. The zero-order chi connectivity index (χ0) is 23.2. The Labute approximate surface area is 199 Å². The van der Waals surface area contributed by atoms with E-state index in [1.54, 1.807) is 24.3 Å². The van der Waals surface area contributed by atoms with Crippen molar-refractivity contribution in [1.29, 1.82) is 0 Å². The molecule has 6 rings (SSSR count). The van der Waals surface area contributed by atoms with Gasteiger partial charge in [0.2, 0.25) is 0 Å². The Bertz CT molecular complexity index is 1260. The van der Waals surface area contributed by atoms with Crippen molar-refractivity contribution in [3.8, 4) is 0 Å². The van der Waals surface area contributed by atoms with Crippen LogP contribution in [0.2, 0.25) is 0 Å². The average Bonchev–Trinajstić information content (AvgIpc) is 3.51. The third-order valence-corrected chi connectivity index (χ3v) is 8.09. The van der Waals surface area contributed by atoms with Crippen molar-refractivity contribution >= 4 is 23.3 Å². The maximum Gasteiger partial charge on any atom is 0.339 e. The van der Waals surface area contributed by atoms with Gasteiger partial charge in [-0.15, -0.1) is 0 Å². The van der Waals surface area contributed by atoms with Crippen LogP contribution in [0.25, 0.3) is 0 Å². The molecular weight excluding hydrogens is 424 g/mol. The van der Waals surface area contributed by atoms with Gasteiger partial charge in [-0.3, -0.25) is 4.79 Å². The lowest BCUT2D eigenvalue weighted by molar-refractivity contribution is 0.0602. The molecule has 3 aliphatic rings. The highest BCUT2D eigenvalue weighted by atomic mass is 16.5. The standard InChI is InChI=1S/C29H28N2O3/c1-34-29(33)21-9-5-6-10-23(21)31-28(32)20-13-14-24-22(16-20)25-18-11-12-19(15-18)26(25)27(30-24)17-7-3-2-4-8-17/h2-10,13-14,16,18-19,25-27,30H,11-12,15H2,1H3,(H,31,32)/t18-,19-,25-,26-,27+/m0/s1. The summed E-state index contributed by atoms with van der Waals surface area (Å²) in [5.41, 5.74) is 5.15. The highest BCUT2D eigenvalue weighted by Crippen LogP contribution is 2.63. The normalized spacial score (nSPS) is 26.2. The number of nitrogens with one attached hydrogen (secondary N) is 2. The molecule has 0 aromatic heterocycles. The van der Waals surface area contributed by atoms with Crippen LogP contribution in [0, 0.1) is 17.8 Å². The molecule has 1 amide bonds. The minimum Gasteiger partial charge on any atom is -0.465 e. The monoisotopic (exact) mass is 452 g/mol. The molecule has 2 fully saturated rings. The summed E-state index contributed by atoms with van der Waals surface area (Å²) in [6.07, 6.45) is 3.86. The first-order chi connectivity index (χ1) is 16.6. The molecule has 1 heterocycles. The average molecular weight is 453 g/mol. The van der Waals surface area contributed by atoms with Crippen molar-refractivity contribution in [3.05, 3.63) is 95.1 Å². The number of hydrogen-bond acceptors (Lipinski definition) is 4.